The van der Waals surface area contributed by atoms with Crippen molar-refractivity contribution in [1.29, 1.82) is 0 Å². The molecule has 0 aliphatic rings. The molecule has 1 unspecified atom stereocenters. The zero-order valence-electron chi connectivity index (χ0n) is 9.59. The number of aliphatic hydroxyl groups is 1. The molecule has 16 heavy (non-hydrogen) atoms. The summed E-state index contributed by atoms with van der Waals surface area (Å²) in [6.07, 6.45) is 1.98. The molecule has 0 bridgehead atoms. The molecule has 0 amide bonds. The van der Waals surface area contributed by atoms with E-state index in [0.717, 1.165) is 17.0 Å². The van der Waals surface area contributed by atoms with E-state index in [1.165, 1.54) is 0 Å². The number of nitrogens with two attached hydrogens (primary N) is 1. The zero-order valence-corrected chi connectivity index (χ0v) is 9.59. The molecule has 2 aromatic rings. The molecule has 0 radical (unpaired) electrons. The van der Waals surface area contributed by atoms with Crippen LogP contribution in [0.25, 0.3) is 5.65 Å². The minimum absolute atomic E-state index is 0.0798. The Labute approximate surface area is 94.7 Å². The van der Waals surface area contributed by atoms with Crippen molar-refractivity contribution in [3.63, 3.8) is 0 Å². The van der Waals surface area contributed by atoms with E-state index in [2.05, 4.69) is 18.8 Å². The van der Waals surface area contributed by atoms with E-state index in [0.29, 0.717) is 5.92 Å². The lowest BCUT2D eigenvalue weighted by molar-refractivity contribution is 0.265. The molecule has 4 heteroatoms. The van der Waals surface area contributed by atoms with Crippen LogP contribution in [-0.4, -0.2) is 21.1 Å². The minimum atomic E-state index is -0.405. The first-order chi connectivity index (χ1) is 7.65. The highest BCUT2D eigenvalue weighted by molar-refractivity contribution is 5.44. The third-order valence-corrected chi connectivity index (χ3v) is 2.69. The highest BCUT2D eigenvalue weighted by Gasteiger charge is 2.19. The standard InChI is InChI=1S/C12H17N3O/c1-8(2)12-11(9(13)7-16)14-10-5-3-4-6-15(10)12/h3-6,8-9,16H,7,13H2,1-2H3. The fraction of sp³-hybridized carbons (Fsp3) is 0.417. The van der Waals surface area contributed by atoms with Gasteiger partial charge in [-0.1, -0.05) is 19.9 Å². The summed E-state index contributed by atoms with van der Waals surface area (Å²) in [5.41, 5.74) is 8.63. The van der Waals surface area contributed by atoms with Crippen LogP contribution in [0.2, 0.25) is 0 Å². The Balaban J connectivity index is 2.68. The van der Waals surface area contributed by atoms with Gasteiger partial charge in [0.2, 0.25) is 0 Å². The predicted molar refractivity (Wildman–Crippen MR) is 63.3 cm³/mol. The fourth-order valence-corrected chi connectivity index (χ4v) is 1.97. The zero-order chi connectivity index (χ0) is 11.7. The molecule has 86 valence electrons. The van der Waals surface area contributed by atoms with E-state index < -0.39 is 6.04 Å². The molecule has 2 rings (SSSR count). The van der Waals surface area contributed by atoms with Crippen LogP contribution in [0.15, 0.2) is 24.4 Å². The van der Waals surface area contributed by atoms with Gasteiger partial charge in [0, 0.05) is 11.9 Å². The molecule has 1 atom stereocenters. The Bertz CT molecular complexity index is 490. The van der Waals surface area contributed by atoms with Crippen molar-refractivity contribution in [3.8, 4) is 0 Å². The van der Waals surface area contributed by atoms with Crippen LogP contribution in [0.3, 0.4) is 0 Å². The number of pyridine rings is 1. The van der Waals surface area contributed by atoms with Crippen LogP contribution >= 0.6 is 0 Å². The largest absolute Gasteiger partial charge is 0.394 e. The number of rotatable bonds is 3. The van der Waals surface area contributed by atoms with Gasteiger partial charge in [0.1, 0.15) is 5.65 Å². The van der Waals surface area contributed by atoms with Crippen LogP contribution in [0, 0.1) is 0 Å². The Hall–Kier alpha value is -1.39. The lowest BCUT2D eigenvalue weighted by Gasteiger charge is -2.11. The Kier molecular flexibility index (Phi) is 2.94. The van der Waals surface area contributed by atoms with E-state index in [-0.39, 0.29) is 6.61 Å². The SMILES string of the molecule is CC(C)c1c(C(N)CO)nc2ccccn12. The van der Waals surface area contributed by atoms with Gasteiger partial charge in [-0.05, 0) is 18.1 Å². The van der Waals surface area contributed by atoms with Gasteiger partial charge in [-0.2, -0.15) is 0 Å². The number of aromatic nitrogens is 2. The molecule has 0 saturated carbocycles. The first-order valence-corrected chi connectivity index (χ1v) is 5.48. The molecular formula is C12H17N3O. The third-order valence-electron chi connectivity index (χ3n) is 2.69. The van der Waals surface area contributed by atoms with Crippen LogP contribution < -0.4 is 5.73 Å². The third kappa shape index (κ3) is 1.70. The Morgan fingerprint density at radius 2 is 2.19 bits per heavy atom. The summed E-state index contributed by atoms with van der Waals surface area (Å²) in [4.78, 5) is 4.48. The van der Waals surface area contributed by atoms with E-state index >= 15 is 0 Å². The second-order valence-corrected chi connectivity index (χ2v) is 4.25. The summed E-state index contributed by atoms with van der Waals surface area (Å²) in [6.45, 7) is 4.12. The summed E-state index contributed by atoms with van der Waals surface area (Å²) in [6, 6.07) is 5.45. The van der Waals surface area contributed by atoms with Crippen LogP contribution in [0.1, 0.15) is 37.2 Å². The Morgan fingerprint density at radius 3 is 2.81 bits per heavy atom. The first kappa shape index (κ1) is 11.1. The van der Waals surface area contributed by atoms with Crippen LogP contribution in [0.5, 0.6) is 0 Å². The van der Waals surface area contributed by atoms with Crippen LogP contribution in [0.4, 0.5) is 0 Å². The van der Waals surface area contributed by atoms with Crippen molar-refractivity contribution in [1.82, 2.24) is 9.38 Å². The van der Waals surface area contributed by atoms with E-state index in [1.54, 1.807) is 0 Å². The molecule has 2 aromatic heterocycles. The minimum Gasteiger partial charge on any atom is -0.394 e. The summed E-state index contributed by atoms with van der Waals surface area (Å²) < 4.78 is 2.04. The molecule has 0 fully saturated rings. The molecule has 3 N–H and O–H groups in total. The predicted octanol–water partition coefficient (Wildman–Crippen LogP) is 1.45. The van der Waals surface area contributed by atoms with E-state index in [4.69, 9.17) is 10.8 Å². The lowest BCUT2D eigenvalue weighted by atomic mass is 10.0. The first-order valence-electron chi connectivity index (χ1n) is 5.48. The average Bonchev–Trinajstić information content (AvgIpc) is 2.67. The molecule has 0 aliphatic carbocycles. The number of imidazole rings is 1. The summed E-state index contributed by atoms with van der Waals surface area (Å²) in [5.74, 6) is 0.324. The van der Waals surface area contributed by atoms with E-state index in [1.807, 2.05) is 28.8 Å². The van der Waals surface area contributed by atoms with E-state index in [9.17, 15) is 0 Å². The van der Waals surface area contributed by atoms with Gasteiger partial charge in [-0.25, -0.2) is 4.98 Å². The number of hydrogen-bond acceptors (Lipinski definition) is 3. The molecule has 4 nitrogen and oxygen atoms in total. The Morgan fingerprint density at radius 1 is 1.44 bits per heavy atom. The lowest BCUT2D eigenvalue weighted by Crippen LogP contribution is -2.17. The fourth-order valence-electron chi connectivity index (χ4n) is 1.97. The topological polar surface area (TPSA) is 63.5 Å². The van der Waals surface area contributed by atoms with Crippen molar-refractivity contribution in [2.24, 2.45) is 5.73 Å². The van der Waals surface area contributed by atoms with Crippen molar-refractivity contribution >= 4 is 5.65 Å². The highest BCUT2D eigenvalue weighted by Crippen LogP contribution is 2.24. The summed E-state index contributed by atoms with van der Waals surface area (Å²) in [5, 5.41) is 9.15. The molecule has 0 saturated heterocycles. The number of aliphatic hydroxyl groups excluding tert-OH is 1. The van der Waals surface area contributed by atoms with Gasteiger partial charge >= 0.3 is 0 Å². The number of hydrogen-bond donors (Lipinski definition) is 2. The molecule has 0 spiro atoms. The van der Waals surface area contributed by atoms with Gasteiger partial charge in [-0.3, -0.25) is 0 Å². The summed E-state index contributed by atoms with van der Waals surface area (Å²) in [7, 11) is 0. The number of nitrogens with zero attached hydrogens (tertiary/aromatic N) is 2. The average molecular weight is 219 g/mol. The van der Waals surface area contributed by atoms with Gasteiger partial charge in [0.05, 0.1) is 18.3 Å². The molecule has 2 heterocycles. The van der Waals surface area contributed by atoms with Gasteiger partial charge in [0.25, 0.3) is 0 Å². The quantitative estimate of drug-likeness (QED) is 0.821. The molecular weight excluding hydrogens is 202 g/mol. The van der Waals surface area contributed by atoms with Crippen molar-refractivity contribution < 1.29 is 5.11 Å². The second kappa shape index (κ2) is 4.23. The molecule has 0 aromatic carbocycles. The smallest absolute Gasteiger partial charge is 0.137 e. The van der Waals surface area contributed by atoms with Gasteiger partial charge < -0.3 is 15.2 Å². The maximum atomic E-state index is 9.15. The van der Waals surface area contributed by atoms with Gasteiger partial charge in [-0.15, -0.1) is 0 Å². The summed E-state index contributed by atoms with van der Waals surface area (Å²) >= 11 is 0. The van der Waals surface area contributed by atoms with Crippen molar-refractivity contribution in [3.05, 3.63) is 35.8 Å². The second-order valence-electron chi connectivity index (χ2n) is 4.25. The maximum absolute atomic E-state index is 9.15. The maximum Gasteiger partial charge on any atom is 0.137 e. The molecule has 0 aliphatic heterocycles. The normalized spacial score (nSPS) is 13.6. The monoisotopic (exact) mass is 219 g/mol. The van der Waals surface area contributed by atoms with Gasteiger partial charge in [0.15, 0.2) is 0 Å². The number of fused-ring (bicyclic) bond motifs is 1. The van der Waals surface area contributed by atoms with Crippen molar-refractivity contribution in [2.75, 3.05) is 6.61 Å². The van der Waals surface area contributed by atoms with Crippen LogP contribution in [-0.2, 0) is 0 Å². The highest BCUT2D eigenvalue weighted by atomic mass is 16.3. The van der Waals surface area contributed by atoms with Crippen molar-refractivity contribution in [2.45, 2.75) is 25.8 Å².